The van der Waals surface area contributed by atoms with Crippen LogP contribution >= 0.6 is 15.9 Å². The Morgan fingerprint density at radius 3 is 2.50 bits per heavy atom. The van der Waals surface area contributed by atoms with Crippen LogP contribution in [0.25, 0.3) is 0 Å². The highest BCUT2D eigenvalue weighted by atomic mass is 79.9. The lowest BCUT2D eigenvalue weighted by atomic mass is 10.3. The quantitative estimate of drug-likeness (QED) is 0.603. The Bertz CT molecular complexity index is 423. The fourth-order valence-corrected chi connectivity index (χ4v) is 1.47. The van der Waals surface area contributed by atoms with Crippen molar-refractivity contribution in [1.29, 1.82) is 0 Å². The molecule has 4 nitrogen and oxygen atoms in total. The van der Waals surface area contributed by atoms with E-state index < -0.39 is 18.7 Å². The molecule has 0 radical (unpaired) electrons. The van der Waals surface area contributed by atoms with Crippen molar-refractivity contribution in [1.82, 2.24) is 5.48 Å². The molecule has 0 aromatic heterocycles. The molecule has 0 aliphatic carbocycles. The Labute approximate surface area is 122 Å². The normalized spacial score (nSPS) is 11.2. The van der Waals surface area contributed by atoms with Crippen LogP contribution in [-0.2, 0) is 9.63 Å². The second kappa shape index (κ2) is 8.11. The number of amides is 1. The van der Waals surface area contributed by atoms with Gasteiger partial charge in [0.2, 0.25) is 5.91 Å². The van der Waals surface area contributed by atoms with Gasteiger partial charge in [-0.2, -0.15) is 13.2 Å². The summed E-state index contributed by atoms with van der Waals surface area (Å²) in [6, 6.07) is 7.15. The lowest BCUT2D eigenvalue weighted by molar-refractivity contribution is -0.191. The molecule has 0 fully saturated rings. The fraction of sp³-hybridized carbons (Fsp3) is 0.417. The third-order valence-corrected chi connectivity index (χ3v) is 2.58. The highest BCUT2D eigenvalue weighted by Gasteiger charge is 2.28. The maximum Gasteiger partial charge on any atom is 0.414 e. The zero-order valence-corrected chi connectivity index (χ0v) is 12.0. The van der Waals surface area contributed by atoms with Crippen molar-refractivity contribution in [3.8, 4) is 5.75 Å². The van der Waals surface area contributed by atoms with Crippen molar-refractivity contribution < 1.29 is 27.5 Å². The summed E-state index contributed by atoms with van der Waals surface area (Å²) in [7, 11) is 0. The van der Waals surface area contributed by atoms with Crippen molar-refractivity contribution in [2.75, 3.05) is 13.2 Å². The fourth-order valence-electron chi connectivity index (χ4n) is 1.20. The summed E-state index contributed by atoms with van der Waals surface area (Å²) in [6.07, 6.45) is -4.07. The van der Waals surface area contributed by atoms with Gasteiger partial charge in [0.25, 0.3) is 0 Å². The molecule has 0 unspecified atom stereocenters. The number of hydrogen-bond acceptors (Lipinski definition) is 3. The molecule has 0 saturated heterocycles. The van der Waals surface area contributed by atoms with Crippen LogP contribution in [-0.4, -0.2) is 25.3 Å². The molecule has 1 aromatic rings. The predicted octanol–water partition coefficient (Wildman–Crippen LogP) is 3.22. The van der Waals surface area contributed by atoms with E-state index in [0.29, 0.717) is 12.2 Å². The van der Waals surface area contributed by atoms with Gasteiger partial charge >= 0.3 is 6.18 Å². The molecule has 0 bridgehead atoms. The van der Waals surface area contributed by atoms with Crippen LogP contribution < -0.4 is 10.2 Å². The van der Waals surface area contributed by atoms with Gasteiger partial charge in [0.15, 0.2) is 6.61 Å². The monoisotopic (exact) mass is 355 g/mol. The second-order valence-electron chi connectivity index (χ2n) is 3.84. The van der Waals surface area contributed by atoms with E-state index >= 15 is 0 Å². The van der Waals surface area contributed by atoms with Crippen molar-refractivity contribution in [2.24, 2.45) is 0 Å². The van der Waals surface area contributed by atoms with E-state index in [4.69, 9.17) is 4.74 Å². The molecule has 0 aliphatic rings. The van der Waals surface area contributed by atoms with Crippen molar-refractivity contribution in [3.05, 3.63) is 28.7 Å². The molecule has 0 atom stereocenters. The number of hydroxylamine groups is 1. The van der Waals surface area contributed by atoms with Gasteiger partial charge in [0.05, 0.1) is 6.61 Å². The topological polar surface area (TPSA) is 47.6 Å². The Balaban J connectivity index is 2.09. The number of ether oxygens (including phenoxy) is 1. The highest BCUT2D eigenvalue weighted by Crippen LogP contribution is 2.16. The van der Waals surface area contributed by atoms with Gasteiger partial charge in [-0.05, 0) is 30.7 Å². The summed E-state index contributed by atoms with van der Waals surface area (Å²) < 4.78 is 41.5. The van der Waals surface area contributed by atoms with Crippen LogP contribution in [0.5, 0.6) is 5.75 Å². The molecule has 8 heteroatoms. The number of nitrogens with one attached hydrogen (secondary N) is 1. The van der Waals surface area contributed by atoms with Gasteiger partial charge in [0.1, 0.15) is 5.75 Å². The van der Waals surface area contributed by atoms with Crippen molar-refractivity contribution >= 4 is 21.8 Å². The molecule has 0 aliphatic heterocycles. The van der Waals surface area contributed by atoms with Crippen LogP contribution in [0.3, 0.4) is 0 Å². The first-order valence-electron chi connectivity index (χ1n) is 5.72. The summed E-state index contributed by atoms with van der Waals surface area (Å²) >= 11 is 3.28. The van der Waals surface area contributed by atoms with E-state index in [1.165, 1.54) is 0 Å². The first kappa shape index (κ1) is 16.8. The van der Waals surface area contributed by atoms with Gasteiger partial charge in [0, 0.05) is 10.9 Å². The average molecular weight is 356 g/mol. The predicted molar refractivity (Wildman–Crippen MR) is 69.0 cm³/mol. The molecular formula is C12H13BrF3NO3. The molecule has 0 heterocycles. The summed E-state index contributed by atoms with van der Waals surface area (Å²) in [5.74, 6) is 0.0376. The lowest BCUT2D eigenvalue weighted by Gasteiger charge is -2.09. The maximum atomic E-state index is 11.7. The van der Waals surface area contributed by atoms with Gasteiger partial charge < -0.3 is 4.74 Å². The number of rotatable bonds is 7. The third-order valence-electron chi connectivity index (χ3n) is 2.05. The zero-order valence-electron chi connectivity index (χ0n) is 10.4. The van der Waals surface area contributed by atoms with E-state index in [-0.39, 0.29) is 13.0 Å². The molecule has 112 valence electrons. The molecule has 0 saturated carbocycles. The minimum Gasteiger partial charge on any atom is -0.494 e. The Morgan fingerprint density at radius 1 is 1.25 bits per heavy atom. The number of benzene rings is 1. The second-order valence-corrected chi connectivity index (χ2v) is 4.75. The van der Waals surface area contributed by atoms with Crippen LogP contribution in [0, 0.1) is 0 Å². The summed E-state index contributed by atoms with van der Waals surface area (Å²) in [5.41, 5.74) is 1.72. The first-order chi connectivity index (χ1) is 9.37. The average Bonchev–Trinajstić information content (AvgIpc) is 2.35. The van der Waals surface area contributed by atoms with Crippen molar-refractivity contribution in [2.45, 2.75) is 19.0 Å². The summed E-state index contributed by atoms with van der Waals surface area (Å²) in [4.78, 5) is 15.1. The standard InChI is InChI=1S/C12H13BrF3NO3/c13-9-3-5-10(6-4-9)19-7-1-2-11(18)17-20-8-12(14,15)16/h3-6H,1-2,7-8H2,(H,17,18). The molecule has 20 heavy (non-hydrogen) atoms. The highest BCUT2D eigenvalue weighted by molar-refractivity contribution is 9.10. The molecule has 1 N–H and O–H groups in total. The van der Waals surface area contributed by atoms with Crippen LogP contribution in [0.1, 0.15) is 12.8 Å². The summed E-state index contributed by atoms with van der Waals surface area (Å²) in [6.45, 7) is -1.22. The number of carbonyl (C=O) groups excluding carboxylic acids is 1. The number of carbonyl (C=O) groups is 1. The van der Waals surface area contributed by atoms with E-state index in [1.54, 1.807) is 17.6 Å². The Hall–Kier alpha value is -1.28. The van der Waals surface area contributed by atoms with Gasteiger partial charge in [-0.3, -0.25) is 9.63 Å². The molecular weight excluding hydrogens is 343 g/mol. The van der Waals surface area contributed by atoms with Crippen molar-refractivity contribution in [3.63, 3.8) is 0 Å². The zero-order chi connectivity index (χ0) is 15.0. The van der Waals surface area contributed by atoms with Gasteiger partial charge in [-0.15, -0.1) is 0 Å². The Morgan fingerprint density at radius 2 is 1.90 bits per heavy atom. The van der Waals surface area contributed by atoms with E-state index in [0.717, 1.165) is 4.47 Å². The van der Waals surface area contributed by atoms with E-state index in [2.05, 4.69) is 20.8 Å². The third kappa shape index (κ3) is 8.00. The minimum atomic E-state index is -4.46. The Kier molecular flexibility index (Phi) is 6.80. The number of hydrogen-bond donors (Lipinski definition) is 1. The van der Waals surface area contributed by atoms with Crippen LogP contribution in [0.2, 0.25) is 0 Å². The molecule has 1 rings (SSSR count). The number of halogens is 4. The number of alkyl halides is 3. The smallest absolute Gasteiger partial charge is 0.414 e. The maximum absolute atomic E-state index is 11.7. The molecule has 1 amide bonds. The first-order valence-corrected chi connectivity index (χ1v) is 6.52. The minimum absolute atomic E-state index is 0.0222. The molecule has 1 aromatic carbocycles. The molecule has 0 spiro atoms. The largest absolute Gasteiger partial charge is 0.494 e. The van der Waals surface area contributed by atoms with E-state index in [9.17, 15) is 18.0 Å². The lowest BCUT2D eigenvalue weighted by Crippen LogP contribution is -2.29. The van der Waals surface area contributed by atoms with Gasteiger partial charge in [-0.1, -0.05) is 15.9 Å². The van der Waals surface area contributed by atoms with E-state index in [1.807, 2.05) is 12.1 Å². The van der Waals surface area contributed by atoms with Gasteiger partial charge in [-0.25, -0.2) is 5.48 Å². The van der Waals surface area contributed by atoms with Crippen LogP contribution in [0.15, 0.2) is 28.7 Å². The summed E-state index contributed by atoms with van der Waals surface area (Å²) in [5, 5.41) is 0. The SMILES string of the molecule is O=C(CCCOc1ccc(Br)cc1)NOCC(F)(F)F. The van der Waals surface area contributed by atoms with Crippen LogP contribution in [0.4, 0.5) is 13.2 Å².